The predicted octanol–water partition coefficient (Wildman–Crippen LogP) is 3.79. The quantitative estimate of drug-likeness (QED) is 0.551. The number of hydrogen-bond donors (Lipinski definition) is 1. The number of hydrogen-bond acceptors (Lipinski definition) is 7. The first-order valence-corrected chi connectivity index (χ1v) is 9.25. The van der Waals surface area contributed by atoms with Gasteiger partial charge in [0.05, 0.1) is 16.7 Å². The lowest BCUT2D eigenvalue weighted by Crippen LogP contribution is -2.08. The summed E-state index contributed by atoms with van der Waals surface area (Å²) in [5.41, 5.74) is 4.79. The Labute approximate surface area is 163 Å². The summed E-state index contributed by atoms with van der Waals surface area (Å²) in [6, 6.07) is 7.88. The maximum Gasteiger partial charge on any atom is 0.129 e. The minimum Gasteiger partial charge on any atom is -0.370 e. The summed E-state index contributed by atoms with van der Waals surface area (Å²) in [5, 5.41) is 3.39. The lowest BCUT2D eigenvalue weighted by atomic mass is 9.97. The molecule has 28 heavy (non-hydrogen) atoms. The molecule has 0 spiro atoms. The molecule has 0 aromatic carbocycles. The van der Waals surface area contributed by atoms with Gasteiger partial charge in [-0.15, -0.1) is 0 Å². The zero-order valence-corrected chi connectivity index (χ0v) is 15.9. The number of rotatable bonds is 6. The number of anilines is 1. The van der Waals surface area contributed by atoms with Crippen LogP contribution < -0.4 is 5.32 Å². The molecule has 1 atom stereocenters. The highest BCUT2D eigenvalue weighted by molar-refractivity contribution is 5.77. The van der Waals surface area contributed by atoms with Gasteiger partial charge in [0, 0.05) is 43.0 Å². The standard InChI is InChI=1S/C21H21N7/c1-14(17-6-9-22-18-4-3-7-24-21(17)18)5-8-23-20-10-19(27-13-28-20)16-11-25-15(2)26-12-16/h3-4,6-7,9-14H,5,8H2,1-2H3,(H,23,27,28). The van der Waals surface area contributed by atoms with Crippen LogP contribution in [0.4, 0.5) is 5.82 Å². The van der Waals surface area contributed by atoms with E-state index in [-0.39, 0.29) is 0 Å². The van der Waals surface area contributed by atoms with Crippen LogP contribution in [-0.4, -0.2) is 36.4 Å². The Morgan fingerprint density at radius 3 is 2.68 bits per heavy atom. The Balaban J connectivity index is 1.42. The van der Waals surface area contributed by atoms with Crippen molar-refractivity contribution in [2.45, 2.75) is 26.2 Å². The summed E-state index contributed by atoms with van der Waals surface area (Å²) < 4.78 is 0. The van der Waals surface area contributed by atoms with Gasteiger partial charge in [0.1, 0.15) is 18.0 Å². The number of nitrogens with one attached hydrogen (secondary N) is 1. The minimum atomic E-state index is 0.347. The fourth-order valence-electron chi connectivity index (χ4n) is 3.11. The van der Waals surface area contributed by atoms with E-state index in [1.54, 1.807) is 18.7 Å². The molecule has 4 aromatic rings. The maximum atomic E-state index is 4.50. The van der Waals surface area contributed by atoms with E-state index in [0.29, 0.717) is 5.92 Å². The minimum absolute atomic E-state index is 0.347. The average molecular weight is 371 g/mol. The van der Waals surface area contributed by atoms with Gasteiger partial charge >= 0.3 is 0 Å². The maximum absolute atomic E-state index is 4.50. The number of fused-ring (bicyclic) bond motifs is 1. The molecule has 0 bridgehead atoms. The van der Waals surface area contributed by atoms with Gasteiger partial charge in [-0.05, 0) is 43.0 Å². The van der Waals surface area contributed by atoms with Gasteiger partial charge in [-0.25, -0.2) is 19.9 Å². The van der Waals surface area contributed by atoms with Crippen LogP contribution in [0.1, 0.15) is 30.7 Å². The molecular weight excluding hydrogens is 350 g/mol. The van der Waals surface area contributed by atoms with Crippen molar-refractivity contribution in [3.8, 4) is 11.3 Å². The van der Waals surface area contributed by atoms with E-state index in [0.717, 1.165) is 46.9 Å². The number of aromatic nitrogens is 6. The fourth-order valence-corrected chi connectivity index (χ4v) is 3.11. The molecule has 1 unspecified atom stereocenters. The highest BCUT2D eigenvalue weighted by Gasteiger charge is 2.11. The first-order chi connectivity index (χ1) is 13.7. The van der Waals surface area contributed by atoms with Crippen LogP contribution >= 0.6 is 0 Å². The molecule has 4 rings (SSSR count). The van der Waals surface area contributed by atoms with Crippen molar-refractivity contribution in [1.82, 2.24) is 29.9 Å². The van der Waals surface area contributed by atoms with Crippen LogP contribution in [0.5, 0.6) is 0 Å². The third-order valence-corrected chi connectivity index (χ3v) is 4.69. The largest absolute Gasteiger partial charge is 0.370 e. The van der Waals surface area contributed by atoms with Gasteiger partial charge in [0.15, 0.2) is 0 Å². The second-order valence-corrected chi connectivity index (χ2v) is 6.70. The van der Waals surface area contributed by atoms with Gasteiger partial charge < -0.3 is 5.32 Å². The molecule has 0 radical (unpaired) electrons. The molecule has 0 fully saturated rings. The van der Waals surface area contributed by atoms with Gasteiger partial charge in [-0.3, -0.25) is 9.97 Å². The molecular formula is C21H21N7. The fraction of sp³-hybridized carbons (Fsp3) is 0.238. The average Bonchev–Trinajstić information content (AvgIpc) is 2.74. The summed E-state index contributed by atoms with van der Waals surface area (Å²) >= 11 is 0. The molecule has 0 aliphatic heterocycles. The van der Waals surface area contributed by atoms with Gasteiger partial charge in [0.25, 0.3) is 0 Å². The molecule has 0 saturated carbocycles. The van der Waals surface area contributed by atoms with Crippen molar-refractivity contribution >= 4 is 16.9 Å². The Bertz CT molecular complexity index is 1070. The summed E-state index contributed by atoms with van der Waals surface area (Å²) in [6.07, 6.45) is 9.72. The lowest BCUT2D eigenvalue weighted by molar-refractivity contribution is 0.707. The smallest absolute Gasteiger partial charge is 0.129 e. The van der Waals surface area contributed by atoms with Crippen molar-refractivity contribution in [3.63, 3.8) is 0 Å². The van der Waals surface area contributed by atoms with Gasteiger partial charge in [0.2, 0.25) is 0 Å². The highest BCUT2D eigenvalue weighted by Crippen LogP contribution is 2.25. The molecule has 0 amide bonds. The lowest BCUT2D eigenvalue weighted by Gasteiger charge is -2.14. The number of aryl methyl sites for hydroxylation is 1. The van der Waals surface area contributed by atoms with Crippen LogP contribution in [-0.2, 0) is 0 Å². The van der Waals surface area contributed by atoms with E-state index in [2.05, 4.69) is 48.2 Å². The van der Waals surface area contributed by atoms with E-state index >= 15 is 0 Å². The van der Waals surface area contributed by atoms with Crippen LogP contribution in [0.2, 0.25) is 0 Å². The van der Waals surface area contributed by atoms with E-state index in [9.17, 15) is 0 Å². The Kier molecular flexibility index (Phi) is 5.14. The van der Waals surface area contributed by atoms with Crippen molar-refractivity contribution in [2.75, 3.05) is 11.9 Å². The van der Waals surface area contributed by atoms with Crippen molar-refractivity contribution < 1.29 is 0 Å². The molecule has 7 heteroatoms. The molecule has 7 nitrogen and oxygen atoms in total. The monoisotopic (exact) mass is 371 g/mol. The van der Waals surface area contributed by atoms with E-state index in [1.165, 1.54) is 5.56 Å². The third kappa shape index (κ3) is 3.93. The van der Waals surface area contributed by atoms with Crippen LogP contribution in [0.25, 0.3) is 22.3 Å². The molecule has 0 saturated heterocycles. The number of pyridine rings is 2. The van der Waals surface area contributed by atoms with Crippen molar-refractivity contribution in [3.05, 3.63) is 66.8 Å². The molecule has 0 aliphatic carbocycles. The Hall–Kier alpha value is -3.48. The molecule has 140 valence electrons. The van der Waals surface area contributed by atoms with Crippen molar-refractivity contribution in [2.24, 2.45) is 0 Å². The first kappa shape index (κ1) is 17.9. The Morgan fingerprint density at radius 2 is 1.82 bits per heavy atom. The molecule has 4 aromatic heterocycles. The van der Waals surface area contributed by atoms with Gasteiger partial charge in [-0.2, -0.15) is 0 Å². The normalized spacial score (nSPS) is 12.1. The van der Waals surface area contributed by atoms with E-state index in [4.69, 9.17) is 0 Å². The number of nitrogens with zero attached hydrogens (tertiary/aromatic N) is 6. The zero-order valence-electron chi connectivity index (χ0n) is 15.9. The summed E-state index contributed by atoms with van der Waals surface area (Å²) in [7, 11) is 0. The van der Waals surface area contributed by atoms with E-state index in [1.807, 2.05) is 37.5 Å². The second-order valence-electron chi connectivity index (χ2n) is 6.70. The predicted molar refractivity (Wildman–Crippen MR) is 109 cm³/mol. The topological polar surface area (TPSA) is 89.4 Å². The molecule has 1 N–H and O–H groups in total. The summed E-state index contributed by atoms with van der Waals surface area (Å²) in [5.74, 6) is 1.87. The van der Waals surface area contributed by atoms with E-state index < -0.39 is 0 Å². The second kappa shape index (κ2) is 8.04. The zero-order chi connectivity index (χ0) is 19.3. The third-order valence-electron chi connectivity index (χ3n) is 4.69. The summed E-state index contributed by atoms with van der Waals surface area (Å²) in [6.45, 7) is 4.86. The molecule has 0 aliphatic rings. The van der Waals surface area contributed by atoms with Crippen LogP contribution in [0, 0.1) is 6.92 Å². The van der Waals surface area contributed by atoms with Crippen LogP contribution in [0.3, 0.4) is 0 Å². The van der Waals surface area contributed by atoms with Gasteiger partial charge in [-0.1, -0.05) is 6.92 Å². The first-order valence-electron chi connectivity index (χ1n) is 9.25. The van der Waals surface area contributed by atoms with Crippen molar-refractivity contribution in [1.29, 1.82) is 0 Å². The SMILES string of the molecule is Cc1ncc(-c2cc(NCCC(C)c3ccnc4cccnc34)ncn2)cn1. The van der Waals surface area contributed by atoms with Crippen LogP contribution in [0.15, 0.2) is 55.4 Å². The molecule has 4 heterocycles. The Morgan fingerprint density at radius 1 is 0.964 bits per heavy atom. The highest BCUT2D eigenvalue weighted by atomic mass is 15.0. The summed E-state index contributed by atoms with van der Waals surface area (Å²) in [4.78, 5) is 26.0.